The molecule has 3 aromatic rings. The van der Waals surface area contributed by atoms with Crippen molar-refractivity contribution in [1.29, 1.82) is 0 Å². The van der Waals surface area contributed by atoms with E-state index < -0.39 is 0 Å². The van der Waals surface area contributed by atoms with Crippen LogP contribution in [0.25, 0.3) is 11.3 Å². The molecule has 10 heteroatoms. The van der Waals surface area contributed by atoms with Crippen LogP contribution in [0, 0.1) is 18.8 Å². The first-order chi connectivity index (χ1) is 20.9. The number of aromatic nitrogens is 2. The van der Waals surface area contributed by atoms with Gasteiger partial charge >= 0.3 is 6.03 Å². The van der Waals surface area contributed by atoms with E-state index in [0.717, 1.165) is 42.2 Å². The molecule has 226 valence electrons. The molecular formula is C33H40N6O4. The van der Waals surface area contributed by atoms with E-state index in [-0.39, 0.29) is 23.3 Å². The summed E-state index contributed by atoms with van der Waals surface area (Å²) < 4.78 is 6.84. The number of ether oxygens (including phenoxy) is 1. The largest absolute Gasteiger partial charge is 0.378 e. The first-order valence-electron chi connectivity index (χ1n) is 15.3. The molecule has 2 N–H and O–H groups in total. The van der Waals surface area contributed by atoms with Crippen LogP contribution in [0.4, 0.5) is 22.0 Å². The van der Waals surface area contributed by atoms with Gasteiger partial charge in [0.25, 0.3) is 11.5 Å². The minimum atomic E-state index is -0.273. The van der Waals surface area contributed by atoms with Gasteiger partial charge in [-0.1, -0.05) is 31.4 Å². The molecule has 3 fully saturated rings. The number of amides is 3. The number of urea groups is 1. The molecule has 3 aliphatic rings. The van der Waals surface area contributed by atoms with Crippen molar-refractivity contribution in [1.82, 2.24) is 19.4 Å². The third-order valence-corrected chi connectivity index (χ3v) is 9.19. The standard InChI is InChI=1S/C33H40N6O4/c1-22-27(8-5-9-28(22)36-33(42)39-15-14-23-6-3-4-7-25(23)20-39)29-21-37(2)32(41)30(35-29)34-26-12-10-24(11-13-26)31(40)38-16-18-43-19-17-38/h5,8-13,21,23,25H,3-4,6-7,14-20H2,1-2H3,(H,34,35)(H,36,42). The summed E-state index contributed by atoms with van der Waals surface area (Å²) in [5.74, 6) is 1.52. The Labute approximate surface area is 252 Å². The van der Waals surface area contributed by atoms with E-state index in [1.807, 2.05) is 30.0 Å². The smallest absolute Gasteiger partial charge is 0.321 e. The number of carbonyl (C=O) groups is 2. The van der Waals surface area contributed by atoms with Gasteiger partial charge in [0.2, 0.25) is 0 Å². The van der Waals surface area contributed by atoms with E-state index >= 15 is 0 Å². The van der Waals surface area contributed by atoms with E-state index in [4.69, 9.17) is 4.74 Å². The minimum absolute atomic E-state index is 0.0354. The zero-order valence-corrected chi connectivity index (χ0v) is 25.0. The third-order valence-electron chi connectivity index (χ3n) is 9.19. The molecule has 0 radical (unpaired) electrons. The predicted octanol–water partition coefficient (Wildman–Crippen LogP) is 5.02. The van der Waals surface area contributed by atoms with Crippen LogP contribution in [-0.4, -0.2) is 70.7 Å². The molecule has 10 nitrogen and oxygen atoms in total. The molecule has 0 bridgehead atoms. The summed E-state index contributed by atoms with van der Waals surface area (Å²) in [5.41, 5.74) is 4.02. The zero-order chi connectivity index (χ0) is 29.9. The molecule has 1 saturated carbocycles. The van der Waals surface area contributed by atoms with E-state index in [0.29, 0.717) is 49.2 Å². The van der Waals surface area contributed by atoms with Gasteiger partial charge in [-0.25, -0.2) is 9.78 Å². The summed E-state index contributed by atoms with van der Waals surface area (Å²) >= 11 is 0. The molecule has 0 spiro atoms. The Morgan fingerprint density at radius 1 is 0.930 bits per heavy atom. The Bertz CT molecular complexity index is 1550. The Morgan fingerprint density at radius 3 is 2.44 bits per heavy atom. The fourth-order valence-corrected chi connectivity index (χ4v) is 6.63. The second-order valence-corrected chi connectivity index (χ2v) is 11.9. The van der Waals surface area contributed by atoms with E-state index in [9.17, 15) is 14.4 Å². The molecule has 2 aromatic carbocycles. The molecule has 6 rings (SSSR count). The lowest BCUT2D eigenvalue weighted by Crippen LogP contribution is -2.46. The number of piperidine rings is 1. The summed E-state index contributed by atoms with van der Waals surface area (Å²) in [5, 5.41) is 6.28. The number of morpholine rings is 1. The van der Waals surface area contributed by atoms with E-state index in [2.05, 4.69) is 15.6 Å². The molecule has 2 aliphatic heterocycles. The van der Waals surface area contributed by atoms with Gasteiger partial charge in [-0.05, 0) is 67.5 Å². The summed E-state index contributed by atoms with van der Waals surface area (Å²) in [7, 11) is 1.69. The number of carbonyl (C=O) groups excluding carboxylic acids is 2. The predicted molar refractivity (Wildman–Crippen MR) is 167 cm³/mol. The maximum Gasteiger partial charge on any atom is 0.321 e. The van der Waals surface area contributed by atoms with Gasteiger partial charge < -0.3 is 29.7 Å². The van der Waals surface area contributed by atoms with Crippen molar-refractivity contribution in [3.05, 3.63) is 70.1 Å². The Hall–Kier alpha value is -4.18. The Balaban J connectivity index is 1.18. The maximum atomic E-state index is 13.3. The third kappa shape index (κ3) is 6.29. The van der Waals surface area contributed by atoms with E-state index in [1.165, 1.54) is 30.3 Å². The van der Waals surface area contributed by atoms with Crippen molar-refractivity contribution in [3.63, 3.8) is 0 Å². The summed E-state index contributed by atoms with van der Waals surface area (Å²) in [6.07, 6.45) is 7.89. The van der Waals surface area contributed by atoms with Gasteiger partial charge in [0.05, 0.1) is 18.9 Å². The molecule has 2 saturated heterocycles. The number of nitrogens with zero attached hydrogens (tertiary/aromatic N) is 4. The molecule has 2 atom stereocenters. The lowest BCUT2D eigenvalue weighted by atomic mass is 9.75. The number of nitrogens with one attached hydrogen (secondary N) is 2. The fraction of sp³-hybridized carbons (Fsp3) is 0.455. The van der Waals surface area contributed by atoms with Crippen LogP contribution >= 0.6 is 0 Å². The number of hydrogen-bond donors (Lipinski definition) is 2. The van der Waals surface area contributed by atoms with Gasteiger partial charge in [-0.2, -0.15) is 0 Å². The number of likely N-dealkylation sites (tertiary alicyclic amines) is 1. The van der Waals surface area contributed by atoms with Crippen LogP contribution in [0.3, 0.4) is 0 Å². The van der Waals surface area contributed by atoms with Gasteiger partial charge in [0.15, 0.2) is 5.82 Å². The van der Waals surface area contributed by atoms with Crippen LogP contribution in [-0.2, 0) is 11.8 Å². The number of hydrogen-bond acceptors (Lipinski definition) is 6. The summed E-state index contributed by atoms with van der Waals surface area (Å²) in [6, 6.07) is 12.7. The molecule has 3 heterocycles. The molecule has 2 unspecified atom stereocenters. The average Bonchev–Trinajstić information content (AvgIpc) is 3.04. The highest BCUT2D eigenvalue weighted by atomic mass is 16.5. The van der Waals surface area contributed by atoms with Crippen molar-refractivity contribution >= 4 is 29.1 Å². The Morgan fingerprint density at radius 2 is 1.67 bits per heavy atom. The first kappa shape index (κ1) is 28.9. The number of fused-ring (bicyclic) bond motifs is 1. The SMILES string of the molecule is Cc1c(NC(=O)N2CCC3CCCCC3C2)cccc1-c1cn(C)c(=O)c(Nc2ccc(C(=O)N3CCOCC3)cc2)n1. The average molecular weight is 585 g/mol. The molecular weight excluding hydrogens is 544 g/mol. The second-order valence-electron chi connectivity index (χ2n) is 11.9. The van der Waals surface area contributed by atoms with Crippen LogP contribution < -0.4 is 16.2 Å². The van der Waals surface area contributed by atoms with Crippen molar-refractivity contribution in [3.8, 4) is 11.3 Å². The lowest BCUT2D eigenvalue weighted by molar-refractivity contribution is 0.0303. The van der Waals surface area contributed by atoms with Crippen molar-refractivity contribution < 1.29 is 14.3 Å². The van der Waals surface area contributed by atoms with Crippen LogP contribution in [0.1, 0.15) is 48.0 Å². The lowest BCUT2D eigenvalue weighted by Gasteiger charge is -2.41. The first-order valence-corrected chi connectivity index (χ1v) is 15.3. The molecule has 1 aliphatic carbocycles. The van der Waals surface area contributed by atoms with Crippen molar-refractivity contribution in [2.45, 2.75) is 39.0 Å². The molecule has 3 amide bonds. The molecule has 1 aromatic heterocycles. The summed E-state index contributed by atoms with van der Waals surface area (Å²) in [4.78, 5) is 47.5. The number of benzene rings is 2. The normalized spacial score (nSPS) is 20.3. The Kier molecular flexibility index (Phi) is 8.47. The van der Waals surface area contributed by atoms with Crippen LogP contribution in [0.15, 0.2) is 53.5 Å². The van der Waals surface area contributed by atoms with Gasteiger partial charge in [0, 0.05) is 61.9 Å². The fourth-order valence-electron chi connectivity index (χ4n) is 6.63. The highest BCUT2D eigenvalue weighted by molar-refractivity contribution is 5.94. The monoisotopic (exact) mass is 584 g/mol. The topological polar surface area (TPSA) is 109 Å². The van der Waals surface area contributed by atoms with E-state index in [1.54, 1.807) is 42.4 Å². The van der Waals surface area contributed by atoms with Gasteiger partial charge in [-0.15, -0.1) is 0 Å². The molecule has 43 heavy (non-hydrogen) atoms. The quantitative estimate of drug-likeness (QED) is 0.436. The minimum Gasteiger partial charge on any atom is -0.378 e. The number of anilines is 3. The number of rotatable bonds is 5. The summed E-state index contributed by atoms with van der Waals surface area (Å²) in [6.45, 7) is 5.84. The van der Waals surface area contributed by atoms with Crippen LogP contribution in [0.2, 0.25) is 0 Å². The second kappa shape index (κ2) is 12.6. The van der Waals surface area contributed by atoms with Crippen molar-refractivity contribution in [2.75, 3.05) is 50.0 Å². The van der Waals surface area contributed by atoms with Crippen LogP contribution in [0.5, 0.6) is 0 Å². The van der Waals surface area contributed by atoms with Gasteiger partial charge in [0.1, 0.15) is 0 Å². The highest BCUT2D eigenvalue weighted by Crippen LogP contribution is 2.36. The number of aryl methyl sites for hydroxylation is 1. The zero-order valence-electron chi connectivity index (χ0n) is 25.0. The maximum absolute atomic E-state index is 13.3. The highest BCUT2D eigenvalue weighted by Gasteiger charge is 2.33. The van der Waals surface area contributed by atoms with Crippen molar-refractivity contribution in [2.24, 2.45) is 18.9 Å². The van der Waals surface area contributed by atoms with Gasteiger partial charge in [-0.3, -0.25) is 9.59 Å².